The summed E-state index contributed by atoms with van der Waals surface area (Å²) in [6.45, 7) is 6.13. The second-order valence-electron chi connectivity index (χ2n) is 7.20. The highest BCUT2D eigenvalue weighted by Crippen LogP contribution is 2.38. The van der Waals surface area contributed by atoms with Gasteiger partial charge in [0.2, 0.25) is 0 Å². The quantitative estimate of drug-likeness (QED) is 0.742. The SMILES string of the molecule is Cc1nccn1-c1ccc(CNC(=O)c2cc(C)n(C3CC3)c2C)cc1F. The third-order valence-electron chi connectivity index (χ3n) is 5.19. The lowest BCUT2D eigenvalue weighted by molar-refractivity contribution is 0.0950. The average molecular weight is 366 g/mol. The van der Waals surface area contributed by atoms with Crippen molar-refractivity contribution in [3.63, 3.8) is 0 Å². The van der Waals surface area contributed by atoms with Gasteiger partial charge >= 0.3 is 0 Å². The number of nitrogens with zero attached hydrogens (tertiary/aromatic N) is 3. The smallest absolute Gasteiger partial charge is 0.253 e. The van der Waals surface area contributed by atoms with E-state index in [-0.39, 0.29) is 18.3 Å². The zero-order valence-electron chi connectivity index (χ0n) is 15.8. The van der Waals surface area contributed by atoms with Crippen molar-refractivity contribution in [1.29, 1.82) is 0 Å². The lowest BCUT2D eigenvalue weighted by atomic mass is 10.1. The molecule has 0 radical (unpaired) electrons. The maximum atomic E-state index is 14.5. The molecule has 0 atom stereocenters. The molecule has 0 unspecified atom stereocenters. The van der Waals surface area contributed by atoms with Crippen LogP contribution in [0.1, 0.15) is 52.0 Å². The molecule has 1 aromatic carbocycles. The number of rotatable bonds is 5. The maximum Gasteiger partial charge on any atom is 0.253 e. The number of halogens is 1. The number of nitrogens with one attached hydrogen (secondary N) is 1. The van der Waals surface area contributed by atoms with Crippen molar-refractivity contribution in [3.8, 4) is 5.69 Å². The zero-order chi connectivity index (χ0) is 19.1. The lowest BCUT2D eigenvalue weighted by Gasteiger charge is -2.10. The summed E-state index contributed by atoms with van der Waals surface area (Å²) in [5, 5.41) is 2.91. The molecule has 1 saturated carbocycles. The number of amides is 1. The Morgan fingerprint density at radius 2 is 2.04 bits per heavy atom. The fraction of sp³-hybridized carbons (Fsp3) is 0.333. The van der Waals surface area contributed by atoms with Gasteiger partial charge in [0.25, 0.3) is 5.91 Å². The van der Waals surface area contributed by atoms with Gasteiger partial charge in [-0.05, 0) is 57.4 Å². The Morgan fingerprint density at radius 1 is 1.26 bits per heavy atom. The first-order valence-corrected chi connectivity index (χ1v) is 9.21. The third kappa shape index (κ3) is 3.27. The molecule has 5 nitrogen and oxygen atoms in total. The summed E-state index contributed by atoms with van der Waals surface area (Å²) in [6, 6.07) is 7.48. The lowest BCUT2D eigenvalue weighted by Crippen LogP contribution is -2.23. The summed E-state index contributed by atoms with van der Waals surface area (Å²) in [4.78, 5) is 16.7. The first-order valence-electron chi connectivity index (χ1n) is 9.21. The number of carbonyl (C=O) groups excluding carboxylic acids is 1. The number of aromatic nitrogens is 3. The minimum atomic E-state index is -0.338. The number of benzene rings is 1. The van der Waals surface area contributed by atoms with Crippen LogP contribution in [-0.4, -0.2) is 20.0 Å². The molecule has 3 aromatic rings. The Hall–Kier alpha value is -2.89. The molecule has 0 saturated heterocycles. The van der Waals surface area contributed by atoms with E-state index in [2.05, 4.69) is 14.9 Å². The molecule has 27 heavy (non-hydrogen) atoms. The van der Waals surface area contributed by atoms with Crippen molar-refractivity contribution < 1.29 is 9.18 Å². The van der Waals surface area contributed by atoms with Gasteiger partial charge < -0.3 is 14.5 Å². The van der Waals surface area contributed by atoms with Gasteiger partial charge in [-0.25, -0.2) is 9.37 Å². The van der Waals surface area contributed by atoms with E-state index in [0.717, 1.165) is 22.8 Å². The fourth-order valence-electron chi connectivity index (χ4n) is 3.67. The highest BCUT2D eigenvalue weighted by molar-refractivity contribution is 5.95. The first kappa shape index (κ1) is 17.5. The van der Waals surface area contributed by atoms with Crippen LogP contribution in [0.4, 0.5) is 4.39 Å². The van der Waals surface area contributed by atoms with E-state index < -0.39 is 0 Å². The molecular weight excluding hydrogens is 343 g/mol. The van der Waals surface area contributed by atoms with E-state index in [1.165, 1.54) is 18.9 Å². The summed E-state index contributed by atoms with van der Waals surface area (Å²) < 4.78 is 18.4. The predicted molar refractivity (Wildman–Crippen MR) is 102 cm³/mol. The Bertz CT molecular complexity index is 1010. The highest BCUT2D eigenvalue weighted by Gasteiger charge is 2.28. The summed E-state index contributed by atoms with van der Waals surface area (Å²) >= 11 is 0. The number of hydrogen-bond donors (Lipinski definition) is 1. The minimum Gasteiger partial charge on any atom is -0.348 e. The first-order chi connectivity index (χ1) is 13.0. The Kier molecular flexibility index (Phi) is 4.34. The standard InChI is InChI=1S/C21H23FN4O/c1-13-10-18(14(2)26(13)17-5-6-17)21(27)24-12-16-4-7-20(19(22)11-16)25-9-8-23-15(25)3/h4,7-11,17H,5-6,12H2,1-3H3,(H,24,27). The van der Waals surface area contributed by atoms with Gasteiger partial charge in [-0.3, -0.25) is 4.79 Å². The summed E-state index contributed by atoms with van der Waals surface area (Å²) in [5.74, 6) is 0.265. The molecule has 0 spiro atoms. The zero-order valence-corrected chi connectivity index (χ0v) is 15.8. The van der Waals surface area contributed by atoms with Crippen LogP contribution in [0.5, 0.6) is 0 Å². The fourth-order valence-corrected chi connectivity index (χ4v) is 3.67. The molecule has 1 N–H and O–H groups in total. The molecule has 1 fully saturated rings. The third-order valence-corrected chi connectivity index (χ3v) is 5.19. The van der Waals surface area contributed by atoms with Crippen molar-refractivity contribution in [2.45, 2.75) is 46.2 Å². The Balaban J connectivity index is 1.47. The van der Waals surface area contributed by atoms with Gasteiger partial charge in [0.05, 0.1) is 11.3 Å². The molecular formula is C21H23FN4O. The highest BCUT2D eigenvalue weighted by atomic mass is 19.1. The van der Waals surface area contributed by atoms with Gasteiger partial charge in [-0.2, -0.15) is 0 Å². The molecule has 1 aliphatic carbocycles. The average Bonchev–Trinajstić information content (AvgIpc) is 3.30. The van der Waals surface area contributed by atoms with Gasteiger partial charge in [-0.1, -0.05) is 6.07 Å². The van der Waals surface area contributed by atoms with E-state index in [9.17, 15) is 9.18 Å². The predicted octanol–water partition coefficient (Wildman–Crippen LogP) is 4.00. The number of aryl methyl sites for hydroxylation is 2. The summed E-state index contributed by atoms with van der Waals surface area (Å²) in [7, 11) is 0. The minimum absolute atomic E-state index is 0.120. The molecule has 2 heterocycles. The molecule has 140 valence electrons. The number of hydrogen-bond acceptors (Lipinski definition) is 2. The van der Waals surface area contributed by atoms with Crippen molar-refractivity contribution in [2.75, 3.05) is 0 Å². The summed E-state index contributed by atoms with van der Waals surface area (Å²) in [6.07, 6.45) is 5.73. The van der Waals surface area contributed by atoms with E-state index in [4.69, 9.17) is 0 Å². The second-order valence-corrected chi connectivity index (χ2v) is 7.20. The monoisotopic (exact) mass is 366 g/mol. The molecule has 4 rings (SSSR count). The Labute approximate surface area is 157 Å². The Morgan fingerprint density at radius 3 is 2.67 bits per heavy atom. The molecule has 0 bridgehead atoms. The summed E-state index contributed by atoms with van der Waals surface area (Å²) in [5.41, 5.74) is 3.99. The van der Waals surface area contributed by atoms with Crippen molar-refractivity contribution >= 4 is 5.91 Å². The molecule has 0 aliphatic heterocycles. The van der Waals surface area contributed by atoms with Crippen molar-refractivity contribution in [2.24, 2.45) is 0 Å². The molecule has 1 aliphatic rings. The van der Waals surface area contributed by atoms with Crippen molar-refractivity contribution in [3.05, 3.63) is 70.8 Å². The normalized spacial score (nSPS) is 13.8. The van der Waals surface area contributed by atoms with Crippen LogP contribution in [0.3, 0.4) is 0 Å². The number of carbonyl (C=O) groups is 1. The van der Waals surface area contributed by atoms with E-state index in [1.54, 1.807) is 23.0 Å². The van der Waals surface area contributed by atoms with Crippen LogP contribution >= 0.6 is 0 Å². The largest absolute Gasteiger partial charge is 0.348 e. The van der Waals surface area contributed by atoms with Crippen LogP contribution in [-0.2, 0) is 6.54 Å². The molecule has 1 amide bonds. The van der Waals surface area contributed by atoms with Gasteiger partial charge in [-0.15, -0.1) is 0 Å². The number of imidazole rings is 1. The van der Waals surface area contributed by atoms with Gasteiger partial charge in [0.1, 0.15) is 11.6 Å². The maximum absolute atomic E-state index is 14.5. The van der Waals surface area contributed by atoms with Crippen LogP contribution in [0.15, 0.2) is 36.7 Å². The van der Waals surface area contributed by atoms with Crippen LogP contribution in [0.25, 0.3) is 5.69 Å². The van der Waals surface area contributed by atoms with Crippen molar-refractivity contribution in [1.82, 2.24) is 19.4 Å². The van der Waals surface area contributed by atoms with Gasteiger partial charge in [0, 0.05) is 36.4 Å². The van der Waals surface area contributed by atoms with E-state index >= 15 is 0 Å². The van der Waals surface area contributed by atoms with Crippen LogP contribution in [0, 0.1) is 26.6 Å². The van der Waals surface area contributed by atoms with E-state index in [0.29, 0.717) is 17.3 Å². The van der Waals surface area contributed by atoms with E-state index in [1.807, 2.05) is 32.9 Å². The molecule has 6 heteroatoms. The van der Waals surface area contributed by atoms with Gasteiger partial charge in [0.15, 0.2) is 0 Å². The molecule has 2 aromatic heterocycles. The van der Waals surface area contributed by atoms with Crippen LogP contribution in [0.2, 0.25) is 0 Å². The topological polar surface area (TPSA) is 51.9 Å². The van der Waals surface area contributed by atoms with Crippen LogP contribution < -0.4 is 5.32 Å². The second kappa shape index (κ2) is 6.68.